The highest BCUT2D eigenvalue weighted by Crippen LogP contribution is 2.36. The van der Waals surface area contributed by atoms with Crippen molar-refractivity contribution in [1.82, 2.24) is 15.1 Å². The molecule has 0 saturated carbocycles. The van der Waals surface area contributed by atoms with E-state index in [4.69, 9.17) is 4.74 Å². The van der Waals surface area contributed by atoms with Crippen molar-refractivity contribution in [3.8, 4) is 5.75 Å². The quantitative estimate of drug-likeness (QED) is 0.787. The van der Waals surface area contributed by atoms with Crippen LogP contribution in [-0.2, 0) is 23.8 Å². The normalized spacial score (nSPS) is 16.7. The Morgan fingerprint density at radius 3 is 2.89 bits per heavy atom. The SMILES string of the molecule is CN(C)CCOc1cccc(NC(=O)C2CCc3[nH]nc(C(F)(F)F)c3C2)c1. The predicted octanol–water partition coefficient (Wildman–Crippen LogP) is 3.11. The van der Waals surface area contributed by atoms with E-state index in [-0.39, 0.29) is 17.9 Å². The van der Waals surface area contributed by atoms with E-state index in [1.165, 1.54) is 0 Å². The van der Waals surface area contributed by atoms with Gasteiger partial charge in [0.05, 0.1) is 0 Å². The number of fused-ring (bicyclic) bond motifs is 1. The summed E-state index contributed by atoms with van der Waals surface area (Å²) in [6.07, 6.45) is -3.67. The lowest BCUT2D eigenvalue weighted by molar-refractivity contribution is -0.142. The van der Waals surface area contributed by atoms with E-state index in [1.807, 2.05) is 19.0 Å². The Balaban J connectivity index is 1.64. The van der Waals surface area contributed by atoms with Crippen molar-refractivity contribution in [2.45, 2.75) is 25.4 Å². The zero-order valence-electron chi connectivity index (χ0n) is 15.8. The van der Waals surface area contributed by atoms with Crippen LogP contribution in [0.15, 0.2) is 24.3 Å². The van der Waals surface area contributed by atoms with Gasteiger partial charge in [-0.25, -0.2) is 0 Å². The van der Waals surface area contributed by atoms with E-state index in [2.05, 4.69) is 15.5 Å². The maximum Gasteiger partial charge on any atom is 0.435 e. The molecule has 1 atom stereocenters. The summed E-state index contributed by atoms with van der Waals surface area (Å²) >= 11 is 0. The summed E-state index contributed by atoms with van der Waals surface area (Å²) in [6.45, 7) is 1.27. The van der Waals surface area contributed by atoms with Crippen LogP contribution in [0.2, 0.25) is 0 Å². The molecular weight excluding hydrogens is 373 g/mol. The number of halogens is 3. The Bertz CT molecular complexity index is 833. The van der Waals surface area contributed by atoms with E-state index >= 15 is 0 Å². The minimum absolute atomic E-state index is 0.0194. The van der Waals surface area contributed by atoms with Crippen LogP contribution in [0.4, 0.5) is 18.9 Å². The van der Waals surface area contributed by atoms with Crippen LogP contribution in [0.25, 0.3) is 0 Å². The monoisotopic (exact) mass is 396 g/mol. The number of ether oxygens (including phenoxy) is 1. The van der Waals surface area contributed by atoms with Gasteiger partial charge in [-0.05, 0) is 45.5 Å². The van der Waals surface area contributed by atoms with Crippen LogP contribution in [0.1, 0.15) is 23.4 Å². The smallest absolute Gasteiger partial charge is 0.435 e. The molecule has 0 fully saturated rings. The molecular formula is C19H23F3N4O2. The third-order valence-corrected chi connectivity index (χ3v) is 4.69. The molecule has 0 bridgehead atoms. The number of amides is 1. The molecule has 6 nitrogen and oxygen atoms in total. The molecule has 1 aliphatic rings. The average molecular weight is 396 g/mol. The third kappa shape index (κ3) is 4.83. The molecule has 2 N–H and O–H groups in total. The molecule has 28 heavy (non-hydrogen) atoms. The van der Waals surface area contributed by atoms with Crippen LogP contribution >= 0.6 is 0 Å². The van der Waals surface area contributed by atoms with E-state index in [0.717, 1.165) is 6.54 Å². The third-order valence-electron chi connectivity index (χ3n) is 4.69. The molecule has 1 aromatic heterocycles. The number of anilines is 1. The van der Waals surface area contributed by atoms with E-state index < -0.39 is 17.8 Å². The van der Waals surface area contributed by atoms with E-state index in [9.17, 15) is 18.0 Å². The highest BCUT2D eigenvalue weighted by Gasteiger charge is 2.40. The van der Waals surface area contributed by atoms with Crippen LogP contribution in [0, 0.1) is 5.92 Å². The number of carbonyl (C=O) groups excluding carboxylic acids is 1. The lowest BCUT2D eigenvalue weighted by atomic mass is 9.85. The Morgan fingerprint density at radius 2 is 2.18 bits per heavy atom. The summed E-state index contributed by atoms with van der Waals surface area (Å²) in [6, 6.07) is 6.99. The lowest BCUT2D eigenvalue weighted by Gasteiger charge is -2.22. The number of alkyl halides is 3. The number of nitrogens with zero attached hydrogens (tertiary/aromatic N) is 2. The summed E-state index contributed by atoms with van der Waals surface area (Å²) in [4.78, 5) is 14.6. The van der Waals surface area contributed by atoms with Gasteiger partial charge in [-0.15, -0.1) is 0 Å². The fourth-order valence-electron chi connectivity index (χ4n) is 3.21. The minimum atomic E-state index is -4.53. The van der Waals surface area contributed by atoms with Crippen molar-refractivity contribution in [1.29, 1.82) is 0 Å². The first kappa shape index (κ1) is 20.2. The van der Waals surface area contributed by atoms with Crippen molar-refractivity contribution in [2.24, 2.45) is 5.92 Å². The lowest BCUT2D eigenvalue weighted by Crippen LogP contribution is -2.29. The predicted molar refractivity (Wildman–Crippen MR) is 98.2 cm³/mol. The van der Waals surface area contributed by atoms with Gasteiger partial charge in [-0.2, -0.15) is 18.3 Å². The Labute approximate surface area is 161 Å². The highest BCUT2D eigenvalue weighted by atomic mass is 19.4. The topological polar surface area (TPSA) is 70.2 Å². The second-order valence-corrected chi connectivity index (χ2v) is 7.14. The number of aryl methyl sites for hydroxylation is 1. The van der Waals surface area contributed by atoms with Gasteiger partial charge in [0, 0.05) is 35.5 Å². The van der Waals surface area contributed by atoms with Gasteiger partial charge < -0.3 is 15.0 Å². The first-order valence-corrected chi connectivity index (χ1v) is 9.06. The number of hydrogen-bond acceptors (Lipinski definition) is 4. The summed E-state index contributed by atoms with van der Waals surface area (Å²) in [5.41, 5.74) is 0.199. The minimum Gasteiger partial charge on any atom is -0.492 e. The number of aromatic nitrogens is 2. The first-order chi connectivity index (χ1) is 13.2. The van der Waals surface area contributed by atoms with Gasteiger partial charge >= 0.3 is 6.18 Å². The molecule has 3 rings (SSSR count). The van der Waals surface area contributed by atoms with Gasteiger partial charge in [-0.3, -0.25) is 9.89 Å². The van der Waals surface area contributed by atoms with E-state index in [0.29, 0.717) is 36.6 Å². The summed E-state index contributed by atoms with van der Waals surface area (Å²) in [5.74, 6) is -0.213. The Hall–Kier alpha value is -2.55. The largest absolute Gasteiger partial charge is 0.492 e. The Morgan fingerprint density at radius 1 is 1.39 bits per heavy atom. The summed E-state index contributed by atoms with van der Waals surface area (Å²) < 4.78 is 44.9. The highest BCUT2D eigenvalue weighted by molar-refractivity contribution is 5.93. The zero-order valence-corrected chi connectivity index (χ0v) is 15.8. The number of aromatic amines is 1. The second-order valence-electron chi connectivity index (χ2n) is 7.14. The molecule has 1 aromatic carbocycles. The molecule has 9 heteroatoms. The van der Waals surface area contributed by atoms with Crippen molar-refractivity contribution in [3.63, 3.8) is 0 Å². The number of nitrogens with one attached hydrogen (secondary N) is 2. The molecule has 1 amide bonds. The van der Waals surface area contributed by atoms with Crippen LogP contribution in [-0.4, -0.2) is 48.3 Å². The number of carbonyl (C=O) groups is 1. The molecule has 0 saturated heterocycles. The maximum absolute atomic E-state index is 13.1. The fraction of sp³-hybridized carbons (Fsp3) is 0.474. The molecule has 1 aliphatic carbocycles. The van der Waals surface area contributed by atoms with Gasteiger partial charge in [0.25, 0.3) is 0 Å². The van der Waals surface area contributed by atoms with Gasteiger partial charge in [0.1, 0.15) is 12.4 Å². The molecule has 1 heterocycles. The zero-order chi connectivity index (χ0) is 20.3. The van der Waals surface area contributed by atoms with Crippen molar-refractivity contribution in [3.05, 3.63) is 41.2 Å². The molecule has 152 valence electrons. The van der Waals surface area contributed by atoms with Crippen molar-refractivity contribution in [2.75, 3.05) is 32.6 Å². The fourth-order valence-corrected chi connectivity index (χ4v) is 3.21. The van der Waals surface area contributed by atoms with Crippen LogP contribution in [0.3, 0.4) is 0 Å². The van der Waals surface area contributed by atoms with Crippen LogP contribution < -0.4 is 10.1 Å². The Kier molecular flexibility index (Phi) is 5.93. The molecule has 1 unspecified atom stereocenters. The maximum atomic E-state index is 13.1. The van der Waals surface area contributed by atoms with Gasteiger partial charge in [0.2, 0.25) is 5.91 Å². The first-order valence-electron chi connectivity index (χ1n) is 9.06. The van der Waals surface area contributed by atoms with Crippen molar-refractivity contribution >= 4 is 11.6 Å². The standard InChI is InChI=1S/C19H23F3N4O2/c1-26(2)8-9-28-14-5-3-4-13(11-14)23-18(27)12-6-7-16-15(10-12)17(25-24-16)19(20,21)22/h3-5,11-12H,6-10H2,1-2H3,(H,23,27)(H,24,25). The van der Waals surface area contributed by atoms with Gasteiger partial charge in [-0.1, -0.05) is 6.07 Å². The van der Waals surface area contributed by atoms with Gasteiger partial charge in [0.15, 0.2) is 5.69 Å². The van der Waals surface area contributed by atoms with Crippen LogP contribution in [0.5, 0.6) is 5.75 Å². The number of hydrogen-bond donors (Lipinski definition) is 2. The average Bonchev–Trinajstić information content (AvgIpc) is 3.05. The number of H-pyrrole nitrogens is 1. The second kappa shape index (κ2) is 8.22. The number of rotatable bonds is 6. The van der Waals surface area contributed by atoms with Crippen molar-refractivity contribution < 1.29 is 22.7 Å². The molecule has 0 spiro atoms. The molecule has 0 radical (unpaired) electrons. The molecule has 0 aliphatic heterocycles. The molecule has 2 aromatic rings. The summed E-state index contributed by atoms with van der Waals surface area (Å²) in [7, 11) is 3.89. The van der Waals surface area contributed by atoms with E-state index in [1.54, 1.807) is 24.3 Å². The number of benzene rings is 1. The summed E-state index contributed by atoms with van der Waals surface area (Å²) in [5, 5.41) is 8.64. The number of likely N-dealkylation sites (N-methyl/N-ethyl adjacent to an activating group) is 1.